The number of aromatic nitrogens is 3. The number of aromatic hydroxyl groups is 1. The van der Waals surface area contributed by atoms with E-state index < -0.39 is 5.89 Å². The predicted octanol–water partition coefficient (Wildman–Crippen LogP) is 14.3. The van der Waals surface area contributed by atoms with Gasteiger partial charge in [0.1, 0.15) is 11.6 Å². The van der Waals surface area contributed by atoms with Crippen molar-refractivity contribution in [2.75, 3.05) is 0 Å². The summed E-state index contributed by atoms with van der Waals surface area (Å²) in [5.41, 5.74) is 15.3. The van der Waals surface area contributed by atoms with E-state index in [0.29, 0.717) is 11.4 Å². The molecule has 0 unspecified atom stereocenters. The Morgan fingerprint density at radius 2 is 1.22 bits per heavy atom. The predicted molar refractivity (Wildman–Crippen MR) is 245 cm³/mol. The van der Waals surface area contributed by atoms with Gasteiger partial charge >= 0.3 is 0 Å². The number of hydrogen-bond acceptors (Lipinski definition) is 3. The van der Waals surface area contributed by atoms with Crippen molar-refractivity contribution >= 4 is 11.0 Å². The molecule has 0 aliphatic heterocycles. The molecule has 60 heavy (non-hydrogen) atoms. The van der Waals surface area contributed by atoms with Gasteiger partial charge < -0.3 is 5.11 Å². The minimum Gasteiger partial charge on any atom is -0.507 e. The van der Waals surface area contributed by atoms with Crippen molar-refractivity contribution in [3.8, 4) is 78.6 Å². The zero-order valence-electron chi connectivity index (χ0n) is 35.3. The van der Waals surface area contributed by atoms with Crippen LogP contribution in [0.2, 0.25) is 0 Å². The van der Waals surface area contributed by atoms with Gasteiger partial charge in [-0.25, -0.2) is 4.98 Å². The molecule has 0 saturated carbocycles. The van der Waals surface area contributed by atoms with Crippen molar-refractivity contribution < 1.29 is 27.5 Å². The maximum Gasteiger partial charge on any atom is 0.148 e. The first kappa shape index (κ1) is 39.1. The van der Waals surface area contributed by atoms with Crippen molar-refractivity contribution in [2.45, 2.75) is 45.9 Å². The quantitative estimate of drug-likeness (QED) is 0.154. The monoisotopic (exact) mass is 960 g/mol. The number of hydrogen-bond donors (Lipinski definition) is 1. The SMILES string of the molecule is [2H]C(C)(C)c1ccc(-c2ccnc(-c3[c-]c(-c4cccc5c4nc(-c4ccccc4O)n5-c4cc(-c5ccccc5)cc(C(C)(C)C)c4)cc(-c4ccccc4)c3)c2)cc1.[Pt]. The molecule has 5 heteroatoms. The molecule has 0 atom stereocenters. The molecule has 0 aliphatic carbocycles. The van der Waals surface area contributed by atoms with Gasteiger partial charge in [-0.15, -0.1) is 23.8 Å². The first-order chi connectivity index (χ1) is 28.9. The summed E-state index contributed by atoms with van der Waals surface area (Å²) < 4.78 is 10.7. The molecule has 0 bridgehead atoms. The molecule has 0 aliphatic rings. The number of pyridine rings is 1. The number of para-hydroxylation sites is 2. The van der Waals surface area contributed by atoms with Crippen molar-refractivity contribution in [1.82, 2.24) is 14.5 Å². The van der Waals surface area contributed by atoms with E-state index in [1.807, 2.05) is 68.6 Å². The molecule has 9 rings (SSSR count). The van der Waals surface area contributed by atoms with Gasteiger partial charge in [0.25, 0.3) is 0 Å². The summed E-state index contributed by atoms with van der Waals surface area (Å²) in [6, 6.07) is 61.9. The Morgan fingerprint density at radius 1 is 0.600 bits per heavy atom. The fourth-order valence-electron chi connectivity index (χ4n) is 7.80. The summed E-state index contributed by atoms with van der Waals surface area (Å²) in [5.74, 6) is 0.136. The molecule has 0 fully saturated rings. The second kappa shape index (κ2) is 16.7. The molecule has 0 saturated heterocycles. The summed E-state index contributed by atoms with van der Waals surface area (Å²) in [7, 11) is 0. The minimum atomic E-state index is -0.673. The van der Waals surface area contributed by atoms with E-state index >= 15 is 0 Å². The van der Waals surface area contributed by atoms with E-state index in [1.165, 1.54) is 5.56 Å². The van der Waals surface area contributed by atoms with E-state index in [9.17, 15) is 5.11 Å². The van der Waals surface area contributed by atoms with E-state index in [-0.39, 0.29) is 32.2 Å². The van der Waals surface area contributed by atoms with Crippen LogP contribution in [0, 0.1) is 6.07 Å². The van der Waals surface area contributed by atoms with Crippen LogP contribution in [-0.4, -0.2) is 19.6 Å². The Bertz CT molecular complexity index is 3000. The third kappa shape index (κ3) is 8.01. The van der Waals surface area contributed by atoms with Crippen LogP contribution >= 0.6 is 0 Å². The molecule has 298 valence electrons. The van der Waals surface area contributed by atoms with Crippen LogP contribution in [0.1, 0.15) is 53.0 Å². The summed E-state index contributed by atoms with van der Waals surface area (Å²) in [6.45, 7) is 10.5. The number of nitrogens with zero attached hydrogens (tertiary/aromatic N) is 3. The molecular weight excluding hydrogens is 914 g/mol. The van der Waals surface area contributed by atoms with Crippen molar-refractivity contribution in [1.29, 1.82) is 0 Å². The molecule has 0 spiro atoms. The normalized spacial score (nSPS) is 11.9. The Morgan fingerprint density at radius 3 is 1.88 bits per heavy atom. The number of benzene rings is 7. The van der Waals surface area contributed by atoms with Gasteiger partial charge in [-0.1, -0.05) is 173 Å². The molecular formula is C55H46N3OPt-. The summed E-state index contributed by atoms with van der Waals surface area (Å²) >= 11 is 0. The molecule has 4 nitrogen and oxygen atoms in total. The van der Waals surface area contributed by atoms with Crippen LogP contribution in [0.4, 0.5) is 0 Å². The standard InChI is InChI=1S/C55H46N3O.Pt/c1-36(2)37-23-25-40(26-24-37)41-27-28-56-50(34-41)45-30-42(38-15-8-6-9-16-38)29-44(31-45)48-20-14-21-51-53(48)57-54(49-19-12-13-22-52(49)59)58(51)47-33-43(39-17-10-7-11-18-39)32-46(35-47)55(3,4)5;/h6-30,32-36,59H,1-5H3;/q-1;/i36D;. The Labute approximate surface area is 369 Å². The number of phenolic OH excluding ortho intramolecular Hbond substituents is 1. The van der Waals surface area contributed by atoms with Crippen molar-refractivity contribution in [2.24, 2.45) is 0 Å². The largest absolute Gasteiger partial charge is 0.507 e. The Balaban J connectivity index is 0.00000514. The van der Waals surface area contributed by atoms with Crippen LogP contribution < -0.4 is 0 Å². The first-order valence-corrected chi connectivity index (χ1v) is 20.1. The maximum atomic E-state index is 11.4. The minimum absolute atomic E-state index is 0. The van der Waals surface area contributed by atoms with E-state index in [1.54, 1.807) is 6.07 Å². The number of phenols is 1. The summed E-state index contributed by atoms with van der Waals surface area (Å²) in [5, 5.41) is 11.4. The van der Waals surface area contributed by atoms with Gasteiger partial charge in [-0.05, 0) is 86.7 Å². The van der Waals surface area contributed by atoms with Crippen LogP contribution in [0.3, 0.4) is 0 Å². The van der Waals surface area contributed by atoms with Crippen LogP contribution in [-0.2, 0) is 26.5 Å². The smallest absolute Gasteiger partial charge is 0.148 e. The van der Waals surface area contributed by atoms with Gasteiger partial charge in [-0.2, -0.15) is 0 Å². The van der Waals surface area contributed by atoms with Gasteiger partial charge in [0, 0.05) is 40.0 Å². The van der Waals surface area contributed by atoms with E-state index in [0.717, 1.165) is 78.0 Å². The fraction of sp³-hybridized carbons (Fsp3) is 0.127. The number of imidazole rings is 1. The zero-order chi connectivity index (χ0) is 41.6. The number of rotatable bonds is 8. The molecule has 9 aromatic rings. The van der Waals surface area contributed by atoms with Gasteiger partial charge in [-0.3, -0.25) is 9.55 Å². The topological polar surface area (TPSA) is 50.9 Å². The Kier molecular flexibility index (Phi) is 10.9. The number of fused-ring (bicyclic) bond motifs is 1. The van der Waals surface area contributed by atoms with Crippen LogP contribution in [0.5, 0.6) is 5.75 Å². The van der Waals surface area contributed by atoms with Crippen molar-refractivity contribution in [3.63, 3.8) is 0 Å². The molecule has 7 aromatic carbocycles. The maximum absolute atomic E-state index is 11.4. The average molecular weight is 961 g/mol. The second-order valence-electron chi connectivity index (χ2n) is 16.4. The molecule has 1 N–H and O–H groups in total. The summed E-state index contributed by atoms with van der Waals surface area (Å²) in [4.78, 5) is 10.3. The van der Waals surface area contributed by atoms with E-state index in [4.69, 9.17) is 11.3 Å². The van der Waals surface area contributed by atoms with Gasteiger partial charge in [0.2, 0.25) is 0 Å². The van der Waals surface area contributed by atoms with Crippen LogP contribution in [0.15, 0.2) is 176 Å². The first-order valence-electron chi connectivity index (χ1n) is 20.6. The molecule has 0 amide bonds. The third-order valence-electron chi connectivity index (χ3n) is 11.1. The third-order valence-corrected chi connectivity index (χ3v) is 11.1. The Hall–Kier alpha value is -6.35. The fourth-order valence-corrected chi connectivity index (χ4v) is 7.80. The van der Waals surface area contributed by atoms with E-state index in [2.05, 4.69) is 147 Å². The molecule has 0 radical (unpaired) electrons. The summed E-state index contributed by atoms with van der Waals surface area (Å²) in [6.07, 6.45) is 1.85. The molecule has 2 heterocycles. The van der Waals surface area contributed by atoms with Gasteiger partial charge in [0.15, 0.2) is 0 Å². The van der Waals surface area contributed by atoms with Gasteiger partial charge in [0.05, 0.1) is 16.6 Å². The zero-order valence-corrected chi connectivity index (χ0v) is 36.6. The van der Waals surface area contributed by atoms with Crippen molar-refractivity contribution in [3.05, 3.63) is 193 Å². The average Bonchev–Trinajstić information content (AvgIpc) is 3.66. The molecule has 2 aromatic heterocycles. The second-order valence-corrected chi connectivity index (χ2v) is 16.4. The van der Waals surface area contributed by atoms with Crippen LogP contribution in [0.25, 0.3) is 83.9 Å².